The first kappa shape index (κ1) is 16.5. The maximum atomic E-state index is 11.4. The Labute approximate surface area is 131 Å². The van der Waals surface area contributed by atoms with E-state index in [1.165, 1.54) is 0 Å². The summed E-state index contributed by atoms with van der Waals surface area (Å²) in [6.45, 7) is 5.31. The van der Waals surface area contributed by atoms with Crippen LogP contribution in [0.1, 0.15) is 41.8 Å². The van der Waals surface area contributed by atoms with Gasteiger partial charge < -0.3 is 14.6 Å². The number of carboxylic acid groups (broad SMARTS) is 1. The molecule has 5 nitrogen and oxygen atoms in total. The molecule has 22 heavy (non-hydrogen) atoms. The minimum Gasteiger partial charge on any atom is -0.493 e. The zero-order chi connectivity index (χ0) is 16.1. The fraction of sp³-hybridized carbons (Fsp3) is 0.529. The second-order valence-electron chi connectivity index (χ2n) is 5.84. The van der Waals surface area contributed by atoms with Gasteiger partial charge >= 0.3 is 5.97 Å². The molecule has 120 valence electrons. The standard InChI is InChI=1S/C17H23NO4/c1-11(2)15-8-12-9-16(22-6-4-5-21-3)14(17(19)20)7-13(12)10-18-15/h7,9-11,15H,4-6,8H2,1-3H3,(H,19,20). The second-order valence-corrected chi connectivity index (χ2v) is 5.84. The molecule has 0 saturated carbocycles. The van der Waals surface area contributed by atoms with Crippen LogP contribution in [0.5, 0.6) is 5.75 Å². The molecule has 5 heteroatoms. The third kappa shape index (κ3) is 3.85. The van der Waals surface area contributed by atoms with Crippen molar-refractivity contribution < 1.29 is 19.4 Å². The molecule has 0 amide bonds. The Balaban J connectivity index is 2.23. The topological polar surface area (TPSA) is 68.1 Å². The van der Waals surface area contributed by atoms with Gasteiger partial charge in [-0.2, -0.15) is 0 Å². The highest BCUT2D eigenvalue weighted by Gasteiger charge is 2.22. The van der Waals surface area contributed by atoms with Gasteiger partial charge in [0, 0.05) is 26.4 Å². The van der Waals surface area contributed by atoms with E-state index in [9.17, 15) is 9.90 Å². The Morgan fingerprint density at radius 2 is 2.18 bits per heavy atom. The van der Waals surface area contributed by atoms with Crippen molar-refractivity contribution in [2.24, 2.45) is 10.9 Å². The smallest absolute Gasteiger partial charge is 0.339 e. The van der Waals surface area contributed by atoms with Crippen molar-refractivity contribution in [3.05, 3.63) is 28.8 Å². The zero-order valence-electron chi connectivity index (χ0n) is 13.3. The van der Waals surface area contributed by atoms with Gasteiger partial charge in [0.05, 0.1) is 12.6 Å². The molecule has 1 N–H and O–H groups in total. The summed E-state index contributed by atoms with van der Waals surface area (Å²) in [5.41, 5.74) is 2.16. The second kappa shape index (κ2) is 7.40. The number of benzene rings is 1. The van der Waals surface area contributed by atoms with E-state index in [-0.39, 0.29) is 11.6 Å². The van der Waals surface area contributed by atoms with Crippen LogP contribution in [0.25, 0.3) is 0 Å². The fourth-order valence-corrected chi connectivity index (χ4v) is 2.47. The number of carboxylic acids is 1. The number of fused-ring (bicyclic) bond motifs is 1. The molecule has 0 fully saturated rings. The van der Waals surface area contributed by atoms with E-state index in [1.807, 2.05) is 6.07 Å². The summed E-state index contributed by atoms with van der Waals surface area (Å²) in [4.78, 5) is 15.9. The predicted octanol–water partition coefficient (Wildman–Crippen LogP) is 2.80. The summed E-state index contributed by atoms with van der Waals surface area (Å²) in [6, 6.07) is 3.75. The number of rotatable bonds is 7. The van der Waals surface area contributed by atoms with Gasteiger partial charge in [-0.25, -0.2) is 4.79 Å². The van der Waals surface area contributed by atoms with Crippen LogP contribution in [0, 0.1) is 5.92 Å². The molecule has 2 rings (SSSR count). The molecule has 1 aliphatic rings. The minimum atomic E-state index is -0.982. The molecular formula is C17H23NO4. The average molecular weight is 305 g/mol. The Morgan fingerprint density at radius 3 is 2.82 bits per heavy atom. The Morgan fingerprint density at radius 1 is 1.41 bits per heavy atom. The van der Waals surface area contributed by atoms with Crippen LogP contribution in [0.4, 0.5) is 0 Å². The number of aliphatic imine (C=N–C) groups is 1. The van der Waals surface area contributed by atoms with Gasteiger partial charge in [0.25, 0.3) is 0 Å². The highest BCUT2D eigenvalue weighted by Crippen LogP contribution is 2.28. The van der Waals surface area contributed by atoms with Crippen molar-refractivity contribution in [2.75, 3.05) is 20.3 Å². The van der Waals surface area contributed by atoms with E-state index in [0.717, 1.165) is 24.0 Å². The number of ether oxygens (including phenoxy) is 2. The van der Waals surface area contributed by atoms with Crippen LogP contribution >= 0.6 is 0 Å². The number of carbonyl (C=O) groups is 1. The first-order chi connectivity index (χ1) is 10.5. The average Bonchev–Trinajstić information content (AvgIpc) is 2.49. The van der Waals surface area contributed by atoms with E-state index in [2.05, 4.69) is 18.8 Å². The van der Waals surface area contributed by atoms with E-state index in [0.29, 0.717) is 24.9 Å². The molecule has 0 saturated heterocycles. The number of aromatic carboxylic acids is 1. The summed E-state index contributed by atoms with van der Waals surface area (Å²) in [6.07, 6.45) is 3.32. The molecule has 0 radical (unpaired) electrons. The number of hydrogen-bond acceptors (Lipinski definition) is 4. The Bertz CT molecular complexity index is 566. The van der Waals surface area contributed by atoms with Crippen LogP contribution in [0.2, 0.25) is 0 Å². The number of nitrogens with zero attached hydrogens (tertiary/aromatic N) is 1. The summed E-state index contributed by atoms with van der Waals surface area (Å²) >= 11 is 0. The fourth-order valence-electron chi connectivity index (χ4n) is 2.47. The van der Waals surface area contributed by atoms with Crippen LogP contribution in [-0.4, -0.2) is 43.7 Å². The monoisotopic (exact) mass is 305 g/mol. The minimum absolute atomic E-state index is 0.186. The van der Waals surface area contributed by atoms with Crippen molar-refractivity contribution in [3.63, 3.8) is 0 Å². The van der Waals surface area contributed by atoms with Crippen molar-refractivity contribution >= 4 is 12.2 Å². The number of hydrogen-bond donors (Lipinski definition) is 1. The van der Waals surface area contributed by atoms with Crippen molar-refractivity contribution in [2.45, 2.75) is 32.7 Å². The van der Waals surface area contributed by atoms with Gasteiger partial charge in [0.2, 0.25) is 0 Å². The Hall–Kier alpha value is -1.88. The summed E-state index contributed by atoms with van der Waals surface area (Å²) in [5, 5.41) is 9.36. The normalized spacial score (nSPS) is 16.6. The van der Waals surface area contributed by atoms with Crippen LogP contribution in [-0.2, 0) is 11.2 Å². The maximum Gasteiger partial charge on any atom is 0.339 e. The van der Waals surface area contributed by atoms with Crippen molar-refractivity contribution in [1.29, 1.82) is 0 Å². The molecule has 0 aromatic heterocycles. The first-order valence-corrected chi connectivity index (χ1v) is 7.58. The van der Waals surface area contributed by atoms with Gasteiger partial charge in [0.1, 0.15) is 11.3 Å². The summed E-state index contributed by atoms with van der Waals surface area (Å²) in [7, 11) is 1.63. The largest absolute Gasteiger partial charge is 0.493 e. The highest BCUT2D eigenvalue weighted by molar-refractivity contribution is 5.95. The lowest BCUT2D eigenvalue weighted by Gasteiger charge is -2.23. The molecule has 1 atom stereocenters. The van der Waals surface area contributed by atoms with Crippen LogP contribution < -0.4 is 4.74 Å². The quantitative estimate of drug-likeness (QED) is 0.787. The van der Waals surface area contributed by atoms with E-state index in [1.54, 1.807) is 19.4 Å². The lowest BCUT2D eigenvalue weighted by Crippen LogP contribution is -2.21. The zero-order valence-corrected chi connectivity index (χ0v) is 13.3. The molecule has 0 aliphatic carbocycles. The molecule has 0 bridgehead atoms. The lowest BCUT2D eigenvalue weighted by atomic mass is 9.90. The van der Waals surface area contributed by atoms with Gasteiger partial charge in [0.15, 0.2) is 0 Å². The molecular weight excluding hydrogens is 282 g/mol. The SMILES string of the molecule is COCCCOc1cc2c(cc1C(=O)O)C=NC(C(C)C)C2. The van der Waals surface area contributed by atoms with Crippen LogP contribution in [0.15, 0.2) is 17.1 Å². The van der Waals surface area contributed by atoms with Gasteiger partial charge in [-0.3, -0.25) is 4.99 Å². The first-order valence-electron chi connectivity index (χ1n) is 7.58. The number of methoxy groups -OCH3 is 1. The molecule has 1 unspecified atom stereocenters. The maximum absolute atomic E-state index is 11.4. The van der Waals surface area contributed by atoms with E-state index in [4.69, 9.17) is 9.47 Å². The summed E-state index contributed by atoms with van der Waals surface area (Å²) < 4.78 is 10.6. The molecule has 1 aliphatic heterocycles. The van der Waals surface area contributed by atoms with E-state index >= 15 is 0 Å². The molecule has 1 heterocycles. The van der Waals surface area contributed by atoms with Crippen molar-refractivity contribution in [3.8, 4) is 5.75 Å². The molecule has 0 spiro atoms. The molecule has 1 aromatic rings. The Kier molecular flexibility index (Phi) is 5.55. The van der Waals surface area contributed by atoms with Crippen molar-refractivity contribution in [1.82, 2.24) is 0 Å². The predicted molar refractivity (Wildman–Crippen MR) is 85.3 cm³/mol. The molecule has 1 aromatic carbocycles. The third-order valence-corrected chi connectivity index (χ3v) is 3.83. The van der Waals surface area contributed by atoms with Crippen LogP contribution in [0.3, 0.4) is 0 Å². The van der Waals surface area contributed by atoms with Gasteiger partial charge in [-0.1, -0.05) is 13.8 Å². The summed E-state index contributed by atoms with van der Waals surface area (Å²) in [5.74, 6) is -0.0984. The van der Waals surface area contributed by atoms with E-state index < -0.39 is 5.97 Å². The van der Waals surface area contributed by atoms with Gasteiger partial charge in [-0.05, 0) is 35.6 Å². The van der Waals surface area contributed by atoms with Gasteiger partial charge in [-0.15, -0.1) is 0 Å². The lowest BCUT2D eigenvalue weighted by molar-refractivity contribution is 0.0691. The third-order valence-electron chi connectivity index (χ3n) is 3.83. The highest BCUT2D eigenvalue weighted by atomic mass is 16.5.